The van der Waals surface area contributed by atoms with Crippen molar-refractivity contribution in [2.75, 3.05) is 20.3 Å². The minimum Gasteiger partial charge on any atom is -0.493 e. The van der Waals surface area contributed by atoms with Gasteiger partial charge in [-0.05, 0) is 24.6 Å². The van der Waals surface area contributed by atoms with Crippen LogP contribution >= 0.6 is 0 Å². The van der Waals surface area contributed by atoms with Gasteiger partial charge in [0.15, 0.2) is 11.5 Å². The van der Waals surface area contributed by atoms with E-state index in [1.807, 2.05) is 12.1 Å². The molecule has 1 aromatic carbocycles. The van der Waals surface area contributed by atoms with Crippen LogP contribution < -0.4 is 14.8 Å². The van der Waals surface area contributed by atoms with Crippen molar-refractivity contribution in [3.05, 3.63) is 36.4 Å². The first-order valence-corrected chi connectivity index (χ1v) is 6.04. The Morgan fingerprint density at radius 1 is 1.35 bits per heavy atom. The second-order valence-electron chi connectivity index (χ2n) is 3.87. The maximum absolute atomic E-state index is 5.50. The van der Waals surface area contributed by atoms with Crippen LogP contribution in [0.25, 0.3) is 0 Å². The summed E-state index contributed by atoms with van der Waals surface area (Å²) in [6.45, 7) is 8.44. The van der Waals surface area contributed by atoms with Gasteiger partial charge in [-0.3, -0.25) is 0 Å². The molecule has 0 amide bonds. The quantitative estimate of drug-likeness (QED) is 0.551. The first kappa shape index (κ1) is 13.6. The van der Waals surface area contributed by atoms with Gasteiger partial charge in [-0.25, -0.2) is 0 Å². The van der Waals surface area contributed by atoms with Crippen LogP contribution in [0.15, 0.2) is 30.9 Å². The topological polar surface area (TPSA) is 35.1 Å². The van der Waals surface area contributed by atoms with E-state index in [4.69, 9.17) is 9.47 Å². The smallest absolute Gasteiger partial charge is 0.161 e. The summed E-state index contributed by atoms with van der Waals surface area (Å²) in [7, 11) is 1.66. The minimum absolute atomic E-state index is 0.498. The average molecular weight is 236 g/mol. The Bertz CT molecular complexity index is 350. The van der Waals surface area contributed by atoms with Crippen LogP contribution in [0.5, 0.6) is 11.5 Å². The predicted molar refractivity (Wildman–Crippen MR) is 69.5 cm³/mol. The lowest BCUT2D eigenvalue weighted by Crippen LogP contribution is -2.82. The fraction of sp³-hybridized carbons (Fsp3) is 0.429. The Morgan fingerprint density at radius 3 is 2.82 bits per heavy atom. The van der Waals surface area contributed by atoms with Crippen molar-refractivity contribution in [3.8, 4) is 11.5 Å². The van der Waals surface area contributed by atoms with E-state index < -0.39 is 0 Å². The number of hydrogen-bond donors (Lipinski definition) is 1. The average Bonchev–Trinajstić information content (AvgIpc) is 2.37. The van der Waals surface area contributed by atoms with Gasteiger partial charge in [0, 0.05) is 5.56 Å². The number of quaternary nitrogens is 1. The zero-order valence-electron chi connectivity index (χ0n) is 10.7. The lowest BCUT2D eigenvalue weighted by Gasteiger charge is -2.10. The van der Waals surface area contributed by atoms with Crippen molar-refractivity contribution in [1.82, 2.24) is 0 Å². The van der Waals surface area contributed by atoms with Crippen molar-refractivity contribution >= 4 is 0 Å². The van der Waals surface area contributed by atoms with Gasteiger partial charge in [-0.1, -0.05) is 19.6 Å². The third-order valence-electron chi connectivity index (χ3n) is 2.46. The highest BCUT2D eigenvalue weighted by Gasteiger charge is 2.05. The number of methoxy groups -OCH3 is 1. The Morgan fingerprint density at radius 2 is 2.18 bits per heavy atom. The first-order valence-electron chi connectivity index (χ1n) is 6.04. The van der Waals surface area contributed by atoms with Crippen molar-refractivity contribution in [2.45, 2.75) is 19.9 Å². The molecule has 2 N–H and O–H groups in total. The van der Waals surface area contributed by atoms with E-state index in [-0.39, 0.29) is 0 Å². The van der Waals surface area contributed by atoms with Crippen LogP contribution in [-0.2, 0) is 6.54 Å². The first-order chi connectivity index (χ1) is 8.31. The van der Waals surface area contributed by atoms with Crippen LogP contribution in [0.1, 0.15) is 18.9 Å². The number of ether oxygens (including phenoxy) is 2. The Balaban J connectivity index is 2.66. The Kier molecular flexibility index (Phi) is 6.18. The van der Waals surface area contributed by atoms with Gasteiger partial charge in [0.2, 0.25) is 0 Å². The second kappa shape index (κ2) is 7.74. The normalized spacial score (nSPS) is 10.0. The predicted octanol–water partition coefficient (Wildman–Crippen LogP) is 1.73. The molecule has 0 bridgehead atoms. The molecule has 0 unspecified atom stereocenters. The molecule has 0 aliphatic heterocycles. The van der Waals surface area contributed by atoms with Crippen LogP contribution in [0.2, 0.25) is 0 Å². The third kappa shape index (κ3) is 4.49. The molecule has 0 atom stereocenters. The molecule has 0 radical (unpaired) electrons. The standard InChI is InChI=1S/C14H21NO2/c1-4-8-15-11-12-6-7-13(17-9-5-2)14(10-12)16-3/h5-7,10,15H,2,4,8-9,11H2,1,3H3/p+1. The van der Waals surface area contributed by atoms with Crippen LogP contribution in [0.3, 0.4) is 0 Å². The van der Waals surface area contributed by atoms with E-state index in [2.05, 4.69) is 24.9 Å². The van der Waals surface area contributed by atoms with Gasteiger partial charge in [-0.15, -0.1) is 0 Å². The second-order valence-corrected chi connectivity index (χ2v) is 3.87. The van der Waals surface area contributed by atoms with Gasteiger partial charge in [0.25, 0.3) is 0 Å². The molecule has 3 nitrogen and oxygen atoms in total. The van der Waals surface area contributed by atoms with E-state index in [0.717, 1.165) is 24.6 Å². The van der Waals surface area contributed by atoms with Crippen molar-refractivity contribution in [2.24, 2.45) is 0 Å². The molecule has 3 heteroatoms. The molecule has 0 spiro atoms. The summed E-state index contributed by atoms with van der Waals surface area (Å²) in [5, 5.41) is 2.29. The van der Waals surface area contributed by atoms with E-state index in [9.17, 15) is 0 Å². The lowest BCUT2D eigenvalue weighted by molar-refractivity contribution is -0.670. The fourth-order valence-electron chi connectivity index (χ4n) is 1.58. The zero-order valence-corrected chi connectivity index (χ0v) is 10.7. The summed E-state index contributed by atoms with van der Waals surface area (Å²) in [6, 6.07) is 6.06. The van der Waals surface area contributed by atoms with Crippen molar-refractivity contribution in [1.29, 1.82) is 0 Å². The SMILES string of the molecule is C=CCOc1ccc(C[NH2+]CCC)cc1OC. The molecular weight excluding hydrogens is 214 g/mol. The summed E-state index contributed by atoms with van der Waals surface area (Å²) in [4.78, 5) is 0. The summed E-state index contributed by atoms with van der Waals surface area (Å²) in [5.74, 6) is 1.56. The number of rotatable bonds is 8. The largest absolute Gasteiger partial charge is 0.493 e. The summed E-state index contributed by atoms with van der Waals surface area (Å²) in [5.41, 5.74) is 1.25. The van der Waals surface area contributed by atoms with E-state index in [1.54, 1.807) is 13.2 Å². The molecule has 0 heterocycles. The molecule has 1 aromatic rings. The number of hydrogen-bond acceptors (Lipinski definition) is 2. The summed E-state index contributed by atoms with van der Waals surface area (Å²) in [6.07, 6.45) is 2.92. The molecular formula is C14H22NO2+. The molecule has 0 fully saturated rings. The number of benzene rings is 1. The molecule has 94 valence electrons. The maximum atomic E-state index is 5.50. The minimum atomic E-state index is 0.498. The molecule has 0 saturated heterocycles. The Labute approximate surface area is 103 Å². The van der Waals surface area contributed by atoms with Crippen molar-refractivity contribution in [3.63, 3.8) is 0 Å². The van der Waals surface area contributed by atoms with E-state index in [0.29, 0.717) is 6.61 Å². The molecule has 0 saturated carbocycles. The summed E-state index contributed by atoms with van der Waals surface area (Å²) < 4.78 is 10.8. The zero-order chi connectivity index (χ0) is 12.5. The highest BCUT2D eigenvalue weighted by molar-refractivity contribution is 5.42. The van der Waals surface area contributed by atoms with Gasteiger partial charge in [-0.2, -0.15) is 0 Å². The van der Waals surface area contributed by atoms with E-state index >= 15 is 0 Å². The third-order valence-corrected chi connectivity index (χ3v) is 2.46. The van der Waals surface area contributed by atoms with E-state index in [1.165, 1.54) is 12.0 Å². The molecule has 1 rings (SSSR count). The number of nitrogens with two attached hydrogens (primary N) is 1. The van der Waals surface area contributed by atoms with Crippen LogP contribution in [0, 0.1) is 0 Å². The molecule has 0 aromatic heterocycles. The highest BCUT2D eigenvalue weighted by Crippen LogP contribution is 2.27. The molecule has 0 aliphatic carbocycles. The summed E-state index contributed by atoms with van der Waals surface area (Å²) >= 11 is 0. The molecule has 17 heavy (non-hydrogen) atoms. The van der Waals surface area contributed by atoms with Gasteiger partial charge < -0.3 is 14.8 Å². The maximum Gasteiger partial charge on any atom is 0.161 e. The molecule has 0 aliphatic rings. The van der Waals surface area contributed by atoms with Crippen molar-refractivity contribution < 1.29 is 14.8 Å². The monoisotopic (exact) mass is 236 g/mol. The van der Waals surface area contributed by atoms with Crippen LogP contribution in [-0.4, -0.2) is 20.3 Å². The van der Waals surface area contributed by atoms with Gasteiger partial charge in [0.1, 0.15) is 13.2 Å². The Hall–Kier alpha value is -1.48. The van der Waals surface area contributed by atoms with Gasteiger partial charge in [0.05, 0.1) is 13.7 Å². The fourth-order valence-corrected chi connectivity index (χ4v) is 1.58. The lowest BCUT2D eigenvalue weighted by atomic mass is 10.2. The van der Waals surface area contributed by atoms with Crippen LogP contribution in [0.4, 0.5) is 0 Å². The highest BCUT2D eigenvalue weighted by atomic mass is 16.5. The van der Waals surface area contributed by atoms with Gasteiger partial charge >= 0.3 is 0 Å².